The second kappa shape index (κ2) is 10.9. The van der Waals surface area contributed by atoms with Crippen LogP contribution >= 0.6 is 0 Å². The third kappa shape index (κ3) is 4.82. The first-order valence-electron chi connectivity index (χ1n) is 17.3. The van der Waals surface area contributed by atoms with Gasteiger partial charge >= 0.3 is 12.0 Å². The third-order valence-electron chi connectivity index (χ3n) is 14.7. The van der Waals surface area contributed by atoms with E-state index in [2.05, 4.69) is 72.6 Å². The number of carbonyl (C=O) groups excluding carboxylic acids is 3. The molecule has 0 spiro atoms. The van der Waals surface area contributed by atoms with Crippen molar-refractivity contribution in [2.75, 3.05) is 7.11 Å². The van der Waals surface area contributed by atoms with Crippen LogP contribution in [0.25, 0.3) is 0 Å². The number of carbonyl (C=O) groups is 3. The number of ketones is 1. The zero-order chi connectivity index (χ0) is 31.8. The van der Waals surface area contributed by atoms with E-state index in [0.29, 0.717) is 41.8 Å². The number of fused-ring (bicyclic) bond motifs is 7. The quantitative estimate of drug-likeness (QED) is 0.242. The van der Waals surface area contributed by atoms with Crippen LogP contribution < -0.4 is 10.6 Å². The van der Waals surface area contributed by atoms with E-state index in [1.54, 1.807) is 0 Å². The lowest BCUT2D eigenvalue weighted by atomic mass is 9.32. The number of hydrogen-bond donors (Lipinski definition) is 2. The largest absolute Gasteiger partial charge is 0.467 e. The van der Waals surface area contributed by atoms with E-state index >= 15 is 0 Å². The zero-order valence-corrected chi connectivity index (χ0v) is 28.7. The highest BCUT2D eigenvalue weighted by Crippen LogP contribution is 2.76. The van der Waals surface area contributed by atoms with Gasteiger partial charge in [-0.25, -0.2) is 9.59 Å². The van der Waals surface area contributed by atoms with E-state index in [4.69, 9.17) is 4.74 Å². The number of nitrogens with one attached hydrogen (secondary N) is 2. The molecule has 5 saturated carbocycles. The van der Waals surface area contributed by atoms with Crippen molar-refractivity contribution in [3.8, 4) is 0 Å². The molecule has 0 aliphatic heterocycles. The van der Waals surface area contributed by atoms with Gasteiger partial charge in [-0.1, -0.05) is 60.6 Å². The highest BCUT2D eigenvalue weighted by atomic mass is 16.5. The molecular weight excluding hydrogens is 536 g/mol. The molecule has 6 unspecified atom stereocenters. The molecule has 0 aromatic rings. The fraction of sp³-hybridized carbons (Fsp3) is 0.865. The van der Waals surface area contributed by atoms with Crippen LogP contribution in [0.3, 0.4) is 0 Å². The molecular formula is C37H60N2O4. The number of ether oxygens (including phenoxy) is 1. The van der Waals surface area contributed by atoms with Gasteiger partial charge in [-0.2, -0.15) is 0 Å². The molecule has 242 valence electrons. The summed E-state index contributed by atoms with van der Waals surface area (Å²) in [6, 6.07) is -0.891. The Hall–Kier alpha value is -1.85. The molecule has 0 aromatic carbocycles. The van der Waals surface area contributed by atoms with Gasteiger partial charge in [0, 0.05) is 17.4 Å². The summed E-state index contributed by atoms with van der Waals surface area (Å²) in [5.74, 6) is 2.61. The summed E-state index contributed by atoms with van der Waals surface area (Å²) >= 11 is 0. The first-order chi connectivity index (χ1) is 20.0. The number of amides is 2. The van der Waals surface area contributed by atoms with Gasteiger partial charge in [0.1, 0.15) is 11.8 Å². The molecule has 6 nitrogen and oxygen atoms in total. The third-order valence-corrected chi connectivity index (χ3v) is 14.7. The molecule has 5 fully saturated rings. The molecule has 10 atom stereocenters. The van der Waals surface area contributed by atoms with Gasteiger partial charge in [0.25, 0.3) is 0 Å². The van der Waals surface area contributed by atoms with E-state index in [1.807, 2.05) is 0 Å². The Labute approximate surface area is 261 Å². The lowest BCUT2D eigenvalue weighted by Crippen LogP contribution is -2.69. The van der Waals surface area contributed by atoms with Crippen LogP contribution in [0.1, 0.15) is 126 Å². The Balaban J connectivity index is 1.46. The van der Waals surface area contributed by atoms with Crippen molar-refractivity contribution < 1.29 is 19.1 Å². The number of methoxy groups -OCH3 is 1. The van der Waals surface area contributed by atoms with Crippen LogP contribution in [0.2, 0.25) is 0 Å². The van der Waals surface area contributed by atoms with E-state index in [1.165, 1.54) is 31.9 Å². The summed E-state index contributed by atoms with van der Waals surface area (Å²) in [6.07, 6.45) is 11.1. The smallest absolute Gasteiger partial charge is 0.328 e. The Morgan fingerprint density at radius 3 is 2.26 bits per heavy atom. The lowest BCUT2D eigenvalue weighted by molar-refractivity contribution is -0.228. The van der Waals surface area contributed by atoms with Crippen molar-refractivity contribution in [2.45, 2.75) is 138 Å². The van der Waals surface area contributed by atoms with Gasteiger partial charge in [-0.05, 0) is 123 Å². The highest BCUT2D eigenvalue weighted by Gasteiger charge is 2.71. The lowest BCUT2D eigenvalue weighted by Gasteiger charge is -2.72. The van der Waals surface area contributed by atoms with Gasteiger partial charge in [-0.3, -0.25) is 4.79 Å². The second-order valence-electron chi connectivity index (χ2n) is 17.3. The van der Waals surface area contributed by atoms with Crippen molar-refractivity contribution >= 4 is 17.8 Å². The molecule has 2 amide bonds. The first-order valence-corrected chi connectivity index (χ1v) is 17.3. The van der Waals surface area contributed by atoms with Crippen molar-refractivity contribution in [1.82, 2.24) is 10.6 Å². The van der Waals surface area contributed by atoms with Crippen molar-refractivity contribution in [3.05, 3.63) is 12.2 Å². The molecule has 6 heteroatoms. The SMILES string of the molecule is C=C(C)C1CCC2(NC(=O)N[C@H](CC(C)C)C(=O)OC)CC[C@@]3(C)C(CCC4[C@@]5(C)CCC(=O)C(C)(C)C5CC[C@]43C)C12. The minimum Gasteiger partial charge on any atom is -0.467 e. The van der Waals surface area contributed by atoms with E-state index in [-0.39, 0.29) is 45.1 Å². The number of rotatable bonds is 6. The van der Waals surface area contributed by atoms with Crippen LogP contribution in [0.4, 0.5) is 4.79 Å². The number of allylic oxidation sites excluding steroid dienone is 1. The molecule has 0 aromatic heterocycles. The number of hydrogen-bond acceptors (Lipinski definition) is 4. The minimum absolute atomic E-state index is 0.159. The Bertz CT molecular complexity index is 1160. The van der Waals surface area contributed by atoms with Crippen molar-refractivity contribution in [1.29, 1.82) is 0 Å². The van der Waals surface area contributed by atoms with Crippen molar-refractivity contribution in [3.63, 3.8) is 0 Å². The molecule has 2 N–H and O–H groups in total. The molecule has 0 radical (unpaired) electrons. The Morgan fingerprint density at radius 1 is 0.930 bits per heavy atom. The zero-order valence-electron chi connectivity index (χ0n) is 28.7. The summed E-state index contributed by atoms with van der Waals surface area (Å²) in [5, 5.41) is 6.53. The fourth-order valence-electron chi connectivity index (χ4n) is 12.4. The van der Waals surface area contributed by atoms with Crippen molar-refractivity contribution in [2.24, 2.45) is 57.2 Å². The summed E-state index contributed by atoms with van der Waals surface area (Å²) in [7, 11) is 1.39. The Kier molecular flexibility index (Phi) is 8.25. The molecule has 0 saturated heterocycles. The average molecular weight is 597 g/mol. The molecule has 5 aliphatic rings. The first kappa shape index (κ1) is 32.5. The average Bonchev–Trinajstić information content (AvgIpc) is 3.30. The van der Waals surface area contributed by atoms with Gasteiger partial charge in [0.05, 0.1) is 7.11 Å². The fourth-order valence-corrected chi connectivity index (χ4v) is 12.4. The molecule has 0 heterocycles. The molecule has 0 bridgehead atoms. The number of urea groups is 1. The standard InChI is InChI=1S/C37H60N2O4/c1-22(2)21-26(31(41)43-10)38-32(42)39-37-18-13-24(23(3)4)30(37)25-11-12-28-34(7)16-15-29(40)33(5,6)27(34)14-17-36(28,9)35(25,8)19-20-37/h22,24-28,30H,3,11-21H2,1-2,4-10H3,(H2,38,39,42)/t24?,25?,26-,27?,28?,30?,34+,35+,36-,37?/m1/s1. The van der Waals surface area contributed by atoms with Gasteiger partial charge < -0.3 is 15.4 Å². The van der Waals surface area contributed by atoms with E-state index in [0.717, 1.165) is 44.9 Å². The summed E-state index contributed by atoms with van der Waals surface area (Å²) < 4.78 is 5.04. The number of Topliss-reactive ketones (excluding diaryl/α,β-unsaturated/α-hetero) is 1. The van der Waals surface area contributed by atoms with Gasteiger partial charge in [-0.15, -0.1) is 0 Å². The summed E-state index contributed by atoms with van der Waals surface area (Å²) in [4.78, 5) is 39.3. The topological polar surface area (TPSA) is 84.5 Å². The van der Waals surface area contributed by atoms with Crippen LogP contribution in [-0.2, 0) is 14.3 Å². The minimum atomic E-state index is -0.649. The highest BCUT2D eigenvalue weighted by molar-refractivity contribution is 5.85. The monoisotopic (exact) mass is 596 g/mol. The van der Waals surface area contributed by atoms with Crippen LogP contribution in [-0.4, -0.2) is 36.5 Å². The normalized spacial score (nSPS) is 43.9. The van der Waals surface area contributed by atoms with Crippen LogP contribution in [0.5, 0.6) is 0 Å². The summed E-state index contributed by atoms with van der Waals surface area (Å²) in [6.45, 7) is 23.0. The summed E-state index contributed by atoms with van der Waals surface area (Å²) in [5.41, 5.74) is 1.25. The van der Waals surface area contributed by atoms with E-state index in [9.17, 15) is 14.4 Å². The second-order valence-corrected chi connectivity index (χ2v) is 17.3. The number of esters is 1. The Morgan fingerprint density at radius 2 is 1.63 bits per heavy atom. The maximum Gasteiger partial charge on any atom is 0.328 e. The predicted octanol–water partition coefficient (Wildman–Crippen LogP) is 7.85. The molecule has 43 heavy (non-hydrogen) atoms. The van der Waals surface area contributed by atoms with Crippen LogP contribution in [0, 0.1) is 57.2 Å². The molecule has 5 aliphatic carbocycles. The van der Waals surface area contributed by atoms with Crippen LogP contribution in [0.15, 0.2) is 12.2 Å². The maximum atomic E-state index is 13.7. The predicted molar refractivity (Wildman–Crippen MR) is 171 cm³/mol. The van der Waals surface area contributed by atoms with Gasteiger partial charge in [0.2, 0.25) is 0 Å². The van der Waals surface area contributed by atoms with Gasteiger partial charge in [0.15, 0.2) is 0 Å². The molecule has 5 rings (SSSR count). The maximum absolute atomic E-state index is 13.7. The van der Waals surface area contributed by atoms with E-state index < -0.39 is 6.04 Å².